The summed E-state index contributed by atoms with van der Waals surface area (Å²) in [7, 11) is 1.83. The van der Waals surface area contributed by atoms with E-state index in [4.69, 9.17) is 16.3 Å². The zero-order chi connectivity index (χ0) is 25.5. The molecule has 6 nitrogen and oxygen atoms in total. The van der Waals surface area contributed by atoms with Gasteiger partial charge in [0.1, 0.15) is 6.10 Å². The minimum absolute atomic E-state index is 0.0303. The molecule has 1 saturated heterocycles. The Kier molecular flexibility index (Phi) is 5.24. The number of benzene rings is 2. The Hall–Kier alpha value is -2.54. The van der Waals surface area contributed by atoms with Gasteiger partial charge in [-0.25, -0.2) is 0 Å². The molecule has 2 aromatic rings. The van der Waals surface area contributed by atoms with Gasteiger partial charge in [0.25, 0.3) is 0 Å². The third-order valence-corrected chi connectivity index (χ3v) is 10.1. The Labute approximate surface area is 222 Å². The monoisotopic (exact) mass is 520 g/mol. The minimum atomic E-state index is -0.948. The van der Waals surface area contributed by atoms with Gasteiger partial charge >= 0.3 is 0 Å². The van der Waals surface area contributed by atoms with E-state index in [-0.39, 0.29) is 23.7 Å². The number of ether oxygens (including phenoxy) is 1. The molecule has 0 radical (unpaired) electrons. The van der Waals surface area contributed by atoms with Gasteiger partial charge in [0.2, 0.25) is 5.91 Å². The SMILES string of the molecule is CN(C(=O)/C=C/c1ccc(Cl)cc1)C1CC[C@@]2(O)[C@H]3Cc4ccc(O)c5c4[C@@]2(CCN3CC2CC2)C1O5. The van der Waals surface area contributed by atoms with Gasteiger partial charge in [-0.1, -0.05) is 29.8 Å². The maximum absolute atomic E-state index is 13.3. The minimum Gasteiger partial charge on any atom is -0.504 e. The normalized spacial score (nSPS) is 33.8. The number of nitrogens with zero attached hydrogens (tertiary/aromatic N) is 2. The van der Waals surface area contributed by atoms with Crippen molar-refractivity contribution >= 4 is 23.6 Å². The lowest BCUT2D eigenvalue weighted by Crippen LogP contribution is -2.78. The first-order chi connectivity index (χ1) is 17.8. The Balaban J connectivity index is 1.24. The topological polar surface area (TPSA) is 73.2 Å². The molecule has 3 aliphatic carbocycles. The van der Waals surface area contributed by atoms with Gasteiger partial charge in [-0.15, -0.1) is 0 Å². The number of likely N-dealkylation sites (tertiary alicyclic amines) is 1. The summed E-state index contributed by atoms with van der Waals surface area (Å²) >= 11 is 5.99. The van der Waals surface area contributed by atoms with Gasteiger partial charge in [-0.3, -0.25) is 9.69 Å². The number of halogens is 1. The fraction of sp³-hybridized carbons (Fsp3) is 0.500. The summed E-state index contributed by atoms with van der Waals surface area (Å²) in [5, 5.41) is 24.1. The van der Waals surface area contributed by atoms with Crippen molar-refractivity contribution in [2.24, 2.45) is 5.92 Å². The molecule has 3 fully saturated rings. The summed E-state index contributed by atoms with van der Waals surface area (Å²) in [4.78, 5) is 17.6. The first-order valence-corrected chi connectivity index (χ1v) is 13.9. The first-order valence-electron chi connectivity index (χ1n) is 13.5. The van der Waals surface area contributed by atoms with Crippen LogP contribution in [0.5, 0.6) is 11.5 Å². The average molecular weight is 521 g/mol. The summed E-state index contributed by atoms with van der Waals surface area (Å²) in [6.45, 7) is 1.95. The van der Waals surface area contributed by atoms with E-state index in [2.05, 4.69) is 4.90 Å². The van der Waals surface area contributed by atoms with Crippen molar-refractivity contribution in [3.8, 4) is 11.5 Å². The molecule has 7 rings (SSSR count). The second-order valence-electron chi connectivity index (χ2n) is 11.7. The molecular formula is C30H33ClN2O4. The second kappa shape index (κ2) is 8.23. The quantitative estimate of drug-likeness (QED) is 0.579. The van der Waals surface area contributed by atoms with Crippen LogP contribution in [0, 0.1) is 5.92 Å². The Morgan fingerprint density at radius 3 is 2.73 bits per heavy atom. The zero-order valence-electron chi connectivity index (χ0n) is 21.1. The number of aliphatic hydroxyl groups is 1. The van der Waals surface area contributed by atoms with Gasteiger partial charge in [0, 0.05) is 36.3 Å². The van der Waals surface area contributed by atoms with Crippen LogP contribution in [0.3, 0.4) is 0 Å². The lowest BCUT2D eigenvalue weighted by Gasteiger charge is -2.64. The first kappa shape index (κ1) is 23.6. The fourth-order valence-electron chi connectivity index (χ4n) is 7.87. The summed E-state index contributed by atoms with van der Waals surface area (Å²) in [6, 6.07) is 10.9. The van der Waals surface area contributed by atoms with Crippen LogP contribution >= 0.6 is 11.6 Å². The Morgan fingerprint density at radius 1 is 1.19 bits per heavy atom. The lowest BCUT2D eigenvalue weighted by molar-refractivity contribution is -0.200. The standard InChI is InChI=1S/C30H33ClN2O4/c1-32(25(35)11-6-18-4-8-21(31)9-5-18)22-12-13-30(36)24-16-20-7-10-23(34)27-26(20)29(30,28(22)37-27)14-15-33(24)17-19-2-3-19/h4-11,19,22,24,28,34,36H,2-3,12-17H2,1H3/b11-6+/t22?,24-,28?,29+,30-/m1/s1. The van der Waals surface area contributed by atoms with E-state index in [9.17, 15) is 15.0 Å². The number of rotatable bonds is 5. The van der Waals surface area contributed by atoms with Gasteiger partial charge in [-0.05, 0) is 86.4 Å². The Bertz CT molecular complexity index is 1290. The maximum atomic E-state index is 13.3. The van der Waals surface area contributed by atoms with Crippen molar-refractivity contribution in [3.63, 3.8) is 0 Å². The van der Waals surface area contributed by atoms with E-state index in [1.807, 2.05) is 25.2 Å². The fourth-order valence-corrected chi connectivity index (χ4v) is 8.00. The van der Waals surface area contributed by atoms with Crippen molar-refractivity contribution in [3.05, 3.63) is 64.2 Å². The molecule has 37 heavy (non-hydrogen) atoms. The maximum Gasteiger partial charge on any atom is 0.246 e. The van der Waals surface area contributed by atoms with Crippen molar-refractivity contribution in [2.45, 2.75) is 67.7 Å². The number of aromatic hydroxyl groups is 1. The number of carbonyl (C=O) groups is 1. The highest BCUT2D eigenvalue weighted by atomic mass is 35.5. The van der Waals surface area contributed by atoms with Crippen LogP contribution in [-0.2, 0) is 16.6 Å². The number of hydrogen-bond donors (Lipinski definition) is 2. The molecule has 2 unspecified atom stereocenters. The molecule has 2 aromatic carbocycles. The van der Waals surface area contributed by atoms with Gasteiger partial charge < -0.3 is 19.8 Å². The second-order valence-corrected chi connectivity index (χ2v) is 12.2. The molecule has 1 amide bonds. The van der Waals surface area contributed by atoms with Gasteiger partial charge in [-0.2, -0.15) is 0 Å². The summed E-state index contributed by atoms with van der Waals surface area (Å²) in [5.74, 6) is 1.28. The van der Waals surface area contributed by atoms with Gasteiger partial charge in [0.05, 0.1) is 17.1 Å². The van der Waals surface area contributed by atoms with Gasteiger partial charge in [0.15, 0.2) is 11.5 Å². The molecule has 5 atom stereocenters. The van der Waals surface area contributed by atoms with Crippen LogP contribution in [0.25, 0.3) is 6.08 Å². The van der Waals surface area contributed by atoms with E-state index < -0.39 is 17.1 Å². The average Bonchev–Trinajstić information content (AvgIpc) is 3.63. The summed E-state index contributed by atoms with van der Waals surface area (Å²) < 4.78 is 6.60. The molecular weight excluding hydrogens is 488 g/mol. The van der Waals surface area contributed by atoms with Crippen LogP contribution in [0.2, 0.25) is 5.02 Å². The van der Waals surface area contributed by atoms with Crippen molar-refractivity contribution in [1.29, 1.82) is 0 Å². The lowest BCUT2D eigenvalue weighted by atomic mass is 9.48. The summed E-state index contributed by atoms with van der Waals surface area (Å²) in [5.41, 5.74) is 1.49. The molecule has 0 aromatic heterocycles. The smallest absolute Gasteiger partial charge is 0.246 e. The Morgan fingerprint density at radius 2 is 1.97 bits per heavy atom. The molecule has 194 valence electrons. The zero-order valence-corrected chi connectivity index (χ0v) is 21.8. The number of likely N-dealkylation sites (N-methyl/N-ethyl adjacent to an activating group) is 1. The molecule has 2 heterocycles. The van der Waals surface area contributed by atoms with E-state index in [0.717, 1.165) is 43.0 Å². The molecule has 2 aliphatic heterocycles. The van der Waals surface area contributed by atoms with E-state index >= 15 is 0 Å². The number of hydrogen-bond acceptors (Lipinski definition) is 5. The highest BCUT2D eigenvalue weighted by Crippen LogP contribution is 2.66. The van der Waals surface area contributed by atoms with Crippen LogP contribution in [0.1, 0.15) is 48.8 Å². The highest BCUT2D eigenvalue weighted by molar-refractivity contribution is 6.30. The molecule has 7 heteroatoms. The number of carbonyl (C=O) groups excluding carboxylic acids is 1. The highest BCUT2D eigenvalue weighted by Gasteiger charge is 2.73. The number of piperidine rings is 1. The molecule has 2 bridgehead atoms. The predicted octanol–water partition coefficient (Wildman–Crippen LogP) is 4.15. The van der Waals surface area contributed by atoms with E-state index in [1.165, 1.54) is 18.4 Å². The van der Waals surface area contributed by atoms with Crippen molar-refractivity contribution in [1.82, 2.24) is 9.80 Å². The van der Waals surface area contributed by atoms with Crippen LogP contribution in [0.4, 0.5) is 0 Å². The third kappa shape index (κ3) is 3.35. The van der Waals surface area contributed by atoms with Crippen molar-refractivity contribution in [2.75, 3.05) is 20.1 Å². The van der Waals surface area contributed by atoms with Crippen molar-refractivity contribution < 1.29 is 19.7 Å². The molecule has 5 aliphatic rings. The largest absolute Gasteiger partial charge is 0.504 e. The predicted molar refractivity (Wildman–Crippen MR) is 142 cm³/mol. The van der Waals surface area contributed by atoms with E-state index in [1.54, 1.807) is 35.3 Å². The molecule has 1 spiro atoms. The van der Waals surface area contributed by atoms with Crippen LogP contribution in [-0.4, -0.2) is 69.8 Å². The van der Waals surface area contributed by atoms with E-state index in [0.29, 0.717) is 23.6 Å². The number of phenols is 1. The van der Waals surface area contributed by atoms with Crippen LogP contribution < -0.4 is 4.74 Å². The number of phenolic OH excluding ortho intramolecular Hbond substituents is 1. The third-order valence-electron chi connectivity index (χ3n) is 9.86. The molecule has 2 N–H and O–H groups in total. The summed E-state index contributed by atoms with van der Waals surface area (Å²) in [6.07, 6.45) is 8.35. The number of amides is 1. The molecule has 2 saturated carbocycles. The van der Waals surface area contributed by atoms with Crippen LogP contribution in [0.15, 0.2) is 42.5 Å².